The molecule has 0 radical (unpaired) electrons. The van der Waals surface area contributed by atoms with Crippen molar-refractivity contribution in [2.75, 3.05) is 16.1 Å². The van der Waals surface area contributed by atoms with E-state index < -0.39 is 29.7 Å². The molecule has 4 aromatic rings. The molecule has 17 heteroatoms. The maximum atomic E-state index is 13.7. The molecule has 0 spiro atoms. The lowest BCUT2D eigenvalue weighted by molar-refractivity contribution is -0.274. The average Bonchev–Trinajstić information content (AvgIpc) is 2.88. The third-order valence-electron chi connectivity index (χ3n) is 4.87. The predicted octanol–water partition coefficient (Wildman–Crippen LogP) is 6.78. The van der Waals surface area contributed by atoms with E-state index in [1.54, 1.807) is 12.1 Å². The van der Waals surface area contributed by atoms with Crippen molar-refractivity contribution in [3.8, 4) is 5.75 Å². The van der Waals surface area contributed by atoms with Gasteiger partial charge in [-0.05, 0) is 47.5 Å². The van der Waals surface area contributed by atoms with Gasteiger partial charge in [-0.15, -0.1) is 13.2 Å². The topological polar surface area (TPSA) is 109 Å². The number of ether oxygens (including phenoxy) is 1. The van der Waals surface area contributed by atoms with Crippen molar-refractivity contribution in [2.45, 2.75) is 19.1 Å². The molecule has 3 N–H and O–H groups in total. The monoisotopic (exact) mass is 600 g/mol. The molecule has 41 heavy (non-hydrogen) atoms. The van der Waals surface area contributed by atoms with Gasteiger partial charge in [-0.2, -0.15) is 33.2 Å². The van der Waals surface area contributed by atoms with E-state index in [4.69, 9.17) is 11.6 Å². The maximum absolute atomic E-state index is 13.7. The van der Waals surface area contributed by atoms with Crippen molar-refractivity contribution in [3.63, 3.8) is 0 Å². The molecule has 4 rings (SSSR count). The number of benzene rings is 2. The lowest BCUT2D eigenvalue weighted by atomic mass is 10.2. The first-order valence-electron chi connectivity index (χ1n) is 11.2. The number of anilines is 4. The average molecular weight is 601 g/mol. The highest BCUT2D eigenvalue weighted by Gasteiger charge is 2.34. The van der Waals surface area contributed by atoms with E-state index in [1.165, 1.54) is 18.3 Å². The predicted molar refractivity (Wildman–Crippen MR) is 135 cm³/mol. The molecule has 0 amide bonds. The fraction of sp³-hybridized carbons (Fsp3) is 0.125. The number of hydrogen-bond acceptors (Lipinski definition) is 9. The van der Waals surface area contributed by atoms with Crippen LogP contribution in [0, 0.1) is 5.82 Å². The molecule has 214 valence electrons. The van der Waals surface area contributed by atoms with Gasteiger partial charge in [-0.3, -0.25) is 0 Å². The van der Waals surface area contributed by atoms with Crippen molar-refractivity contribution in [1.82, 2.24) is 19.9 Å². The molecule has 9 nitrogen and oxygen atoms in total. The minimum Gasteiger partial charge on any atom is -0.406 e. The summed E-state index contributed by atoms with van der Waals surface area (Å²) in [6, 6.07) is 10.4. The second kappa shape index (κ2) is 12.2. The van der Waals surface area contributed by atoms with Crippen LogP contribution in [-0.4, -0.2) is 32.5 Å². The number of nitrogens with one attached hydrogen (secondary N) is 3. The van der Waals surface area contributed by atoms with Gasteiger partial charge >= 0.3 is 12.5 Å². The number of nitrogens with zero attached hydrogens (tertiary/aromatic N) is 5. The van der Waals surface area contributed by atoms with Crippen molar-refractivity contribution < 1.29 is 35.5 Å². The van der Waals surface area contributed by atoms with E-state index in [2.05, 4.69) is 45.8 Å². The largest absolute Gasteiger partial charge is 0.573 e. The molecule has 0 aliphatic rings. The Morgan fingerprint density at radius 1 is 0.902 bits per heavy atom. The van der Waals surface area contributed by atoms with Crippen LogP contribution in [-0.2, 0) is 12.7 Å². The van der Waals surface area contributed by atoms with E-state index in [1.807, 2.05) is 0 Å². The van der Waals surface area contributed by atoms with Crippen molar-refractivity contribution in [2.24, 2.45) is 5.10 Å². The summed E-state index contributed by atoms with van der Waals surface area (Å²) in [5.41, 5.74) is 1.72. The number of hydrogen-bond donors (Lipinski definition) is 3. The molecule has 0 saturated carbocycles. The van der Waals surface area contributed by atoms with Crippen LogP contribution in [0.3, 0.4) is 0 Å². The van der Waals surface area contributed by atoms with Crippen LogP contribution in [0.4, 0.5) is 54.3 Å². The van der Waals surface area contributed by atoms with E-state index in [9.17, 15) is 30.7 Å². The summed E-state index contributed by atoms with van der Waals surface area (Å²) in [4.78, 5) is 16.2. The summed E-state index contributed by atoms with van der Waals surface area (Å²) in [7, 11) is 0. The zero-order valence-corrected chi connectivity index (χ0v) is 21.0. The van der Waals surface area contributed by atoms with Gasteiger partial charge in [0.25, 0.3) is 0 Å². The Bertz CT molecular complexity index is 1530. The molecule has 0 unspecified atom stereocenters. The lowest BCUT2D eigenvalue weighted by Gasteiger charge is -2.12. The van der Waals surface area contributed by atoms with Crippen LogP contribution in [0.5, 0.6) is 5.75 Å². The number of hydrazone groups is 1. The molecule has 2 aromatic heterocycles. The Labute approximate surface area is 231 Å². The van der Waals surface area contributed by atoms with Gasteiger partial charge in [-0.25, -0.2) is 14.8 Å². The third-order valence-corrected chi connectivity index (χ3v) is 5.10. The summed E-state index contributed by atoms with van der Waals surface area (Å²) in [6.07, 6.45) is -7.17. The fourth-order valence-corrected chi connectivity index (χ4v) is 3.27. The molecule has 0 aliphatic heterocycles. The molecular weight excluding hydrogens is 585 g/mol. The van der Waals surface area contributed by atoms with Crippen LogP contribution in [0.15, 0.2) is 65.9 Å². The second-order valence-electron chi connectivity index (χ2n) is 7.96. The normalized spacial score (nSPS) is 11.9. The van der Waals surface area contributed by atoms with Gasteiger partial charge in [0, 0.05) is 18.4 Å². The van der Waals surface area contributed by atoms with Crippen molar-refractivity contribution >= 4 is 41.3 Å². The molecular formula is C24H16ClF7N8O. The van der Waals surface area contributed by atoms with E-state index in [0.29, 0.717) is 17.7 Å². The van der Waals surface area contributed by atoms with Crippen LogP contribution in [0.25, 0.3) is 0 Å². The van der Waals surface area contributed by atoms with E-state index >= 15 is 0 Å². The minimum absolute atomic E-state index is 0.0473. The first kappa shape index (κ1) is 29.3. The van der Waals surface area contributed by atoms with Gasteiger partial charge in [0.2, 0.25) is 17.8 Å². The van der Waals surface area contributed by atoms with Gasteiger partial charge < -0.3 is 15.4 Å². The highest BCUT2D eigenvalue weighted by atomic mass is 35.5. The van der Waals surface area contributed by atoms with Gasteiger partial charge in [0.15, 0.2) is 0 Å². The molecule has 0 bridgehead atoms. The molecule has 2 aromatic carbocycles. The SMILES string of the molecule is Fc1ccc(Nc2nc(NCc3ccc(Cl)nc3)nc(N/N=C/c3cccc(OC(F)(F)F)c3)n2)cc1C(F)(F)F. The van der Waals surface area contributed by atoms with Crippen LogP contribution in [0.2, 0.25) is 5.15 Å². The number of pyridine rings is 1. The number of halogens is 8. The number of alkyl halides is 6. The van der Waals surface area contributed by atoms with Crippen LogP contribution >= 0.6 is 11.6 Å². The Kier molecular flexibility index (Phi) is 8.71. The summed E-state index contributed by atoms with van der Waals surface area (Å²) >= 11 is 5.78. The lowest BCUT2D eigenvalue weighted by Crippen LogP contribution is -2.17. The van der Waals surface area contributed by atoms with E-state index in [-0.39, 0.29) is 40.8 Å². The van der Waals surface area contributed by atoms with Crippen LogP contribution < -0.4 is 20.8 Å². The zero-order valence-electron chi connectivity index (χ0n) is 20.2. The number of aromatic nitrogens is 4. The quantitative estimate of drug-likeness (QED) is 0.0835. The third kappa shape index (κ3) is 8.89. The Hall–Kier alpha value is -4.73. The highest BCUT2D eigenvalue weighted by molar-refractivity contribution is 6.29. The smallest absolute Gasteiger partial charge is 0.406 e. The van der Waals surface area contributed by atoms with Gasteiger partial charge in [-0.1, -0.05) is 29.8 Å². The summed E-state index contributed by atoms with van der Waals surface area (Å²) in [5.74, 6) is -2.41. The Morgan fingerprint density at radius 3 is 2.37 bits per heavy atom. The fourth-order valence-electron chi connectivity index (χ4n) is 3.16. The molecule has 0 saturated heterocycles. The van der Waals surface area contributed by atoms with Crippen molar-refractivity contribution in [1.29, 1.82) is 0 Å². The van der Waals surface area contributed by atoms with Gasteiger partial charge in [0.05, 0.1) is 11.8 Å². The van der Waals surface area contributed by atoms with Crippen LogP contribution in [0.1, 0.15) is 16.7 Å². The molecule has 0 atom stereocenters. The Morgan fingerprint density at radius 2 is 1.66 bits per heavy atom. The molecule has 0 fully saturated rings. The molecule has 0 aliphatic carbocycles. The van der Waals surface area contributed by atoms with Gasteiger partial charge in [0.1, 0.15) is 16.7 Å². The van der Waals surface area contributed by atoms with Crippen molar-refractivity contribution in [3.05, 3.63) is 88.5 Å². The number of rotatable bonds is 9. The summed E-state index contributed by atoms with van der Waals surface area (Å²) in [5, 5.41) is 9.60. The molecule has 2 heterocycles. The highest BCUT2D eigenvalue weighted by Crippen LogP contribution is 2.33. The zero-order chi connectivity index (χ0) is 29.6. The summed E-state index contributed by atoms with van der Waals surface area (Å²) < 4.78 is 94.4. The minimum atomic E-state index is -4.94. The van der Waals surface area contributed by atoms with E-state index in [0.717, 1.165) is 24.4 Å². The standard InChI is InChI=1S/C24H16ClF7N8O/c25-19-7-4-14(10-33-19)11-34-20-37-21(36-15-5-6-18(26)17(9-15)23(27,28)29)39-22(38-20)40-35-12-13-2-1-3-16(8-13)41-24(30,31)32/h1-10,12H,11H2,(H3,34,36,37,38,39,40)/b35-12+. The first-order valence-corrected chi connectivity index (χ1v) is 11.6. The summed E-state index contributed by atoms with van der Waals surface area (Å²) in [6.45, 7) is 0.164. The first-order chi connectivity index (χ1) is 19.3. The maximum Gasteiger partial charge on any atom is 0.573 e. The Balaban J connectivity index is 1.57. The second-order valence-corrected chi connectivity index (χ2v) is 8.34.